The molecule has 2 rings (SSSR count). The third-order valence-electron chi connectivity index (χ3n) is 2.67. The Bertz CT molecular complexity index is 613. The SMILES string of the molecule is C=CP(=O)(Oc1cccc(C)c1)Oc1cccc(C)c1. The van der Waals surface area contributed by atoms with E-state index in [1.807, 2.05) is 38.1 Å². The molecule has 0 amide bonds. The number of aryl methyl sites for hydroxylation is 2. The lowest BCUT2D eigenvalue weighted by molar-refractivity contribution is 0.398. The molecule has 2 aromatic rings. The van der Waals surface area contributed by atoms with E-state index in [0.29, 0.717) is 11.5 Å². The normalized spacial score (nSPS) is 10.9. The van der Waals surface area contributed by atoms with Crippen LogP contribution in [0, 0.1) is 13.8 Å². The molecule has 20 heavy (non-hydrogen) atoms. The molecular weight excluding hydrogens is 271 g/mol. The van der Waals surface area contributed by atoms with E-state index in [9.17, 15) is 4.57 Å². The maximum absolute atomic E-state index is 12.6. The zero-order valence-corrected chi connectivity index (χ0v) is 12.5. The van der Waals surface area contributed by atoms with Gasteiger partial charge in [0, 0.05) is 5.82 Å². The Morgan fingerprint density at radius 1 is 0.950 bits per heavy atom. The highest BCUT2D eigenvalue weighted by Gasteiger charge is 2.23. The first-order valence-corrected chi connectivity index (χ1v) is 7.88. The highest BCUT2D eigenvalue weighted by molar-refractivity contribution is 7.58. The lowest BCUT2D eigenvalue weighted by Crippen LogP contribution is -1.98. The van der Waals surface area contributed by atoms with Crippen molar-refractivity contribution in [3.63, 3.8) is 0 Å². The summed E-state index contributed by atoms with van der Waals surface area (Å²) in [5, 5.41) is 0. The first kappa shape index (κ1) is 14.4. The maximum atomic E-state index is 12.6. The molecule has 0 bridgehead atoms. The van der Waals surface area contributed by atoms with Gasteiger partial charge < -0.3 is 9.05 Å². The van der Waals surface area contributed by atoms with Crippen LogP contribution in [0.2, 0.25) is 0 Å². The average Bonchev–Trinajstić information content (AvgIpc) is 2.38. The fourth-order valence-corrected chi connectivity index (χ4v) is 2.73. The third-order valence-corrected chi connectivity index (χ3v) is 4.05. The van der Waals surface area contributed by atoms with Crippen LogP contribution in [0.25, 0.3) is 0 Å². The van der Waals surface area contributed by atoms with E-state index in [2.05, 4.69) is 6.58 Å². The summed E-state index contributed by atoms with van der Waals surface area (Å²) in [5.41, 5.74) is 2.04. The molecular formula is C16H17O3P. The van der Waals surface area contributed by atoms with Gasteiger partial charge in [-0.05, 0) is 49.2 Å². The summed E-state index contributed by atoms with van der Waals surface area (Å²) in [5.74, 6) is 2.22. The van der Waals surface area contributed by atoms with Crippen LogP contribution in [0.15, 0.2) is 60.9 Å². The van der Waals surface area contributed by atoms with Crippen LogP contribution in [0.3, 0.4) is 0 Å². The van der Waals surface area contributed by atoms with Gasteiger partial charge >= 0.3 is 7.60 Å². The minimum atomic E-state index is -3.42. The number of hydrogen-bond acceptors (Lipinski definition) is 3. The third kappa shape index (κ3) is 3.75. The second kappa shape index (κ2) is 5.98. The minimum Gasteiger partial charge on any atom is -0.413 e. The van der Waals surface area contributed by atoms with E-state index in [4.69, 9.17) is 9.05 Å². The monoisotopic (exact) mass is 288 g/mol. The van der Waals surface area contributed by atoms with Gasteiger partial charge in [-0.2, -0.15) is 0 Å². The van der Waals surface area contributed by atoms with E-state index < -0.39 is 7.60 Å². The predicted octanol–water partition coefficient (Wildman–Crippen LogP) is 5.10. The molecule has 0 aromatic heterocycles. The Morgan fingerprint density at radius 2 is 1.40 bits per heavy atom. The van der Waals surface area contributed by atoms with Gasteiger partial charge in [0.2, 0.25) is 0 Å². The zero-order valence-electron chi connectivity index (χ0n) is 11.6. The van der Waals surface area contributed by atoms with Crippen molar-refractivity contribution in [1.29, 1.82) is 0 Å². The first-order chi connectivity index (χ1) is 9.50. The molecule has 0 fully saturated rings. The van der Waals surface area contributed by atoms with Gasteiger partial charge in [0.1, 0.15) is 11.5 Å². The molecule has 0 N–H and O–H groups in total. The van der Waals surface area contributed by atoms with Crippen LogP contribution in [0.1, 0.15) is 11.1 Å². The highest BCUT2D eigenvalue weighted by Crippen LogP contribution is 2.49. The van der Waals surface area contributed by atoms with Crippen molar-refractivity contribution in [1.82, 2.24) is 0 Å². The van der Waals surface area contributed by atoms with Crippen molar-refractivity contribution in [3.8, 4) is 11.5 Å². The molecule has 4 heteroatoms. The molecule has 0 unspecified atom stereocenters. The van der Waals surface area contributed by atoms with Crippen molar-refractivity contribution >= 4 is 7.60 Å². The predicted molar refractivity (Wildman–Crippen MR) is 81.4 cm³/mol. The molecule has 0 radical (unpaired) electrons. The molecule has 0 saturated carbocycles. The second-order valence-electron chi connectivity index (χ2n) is 4.54. The van der Waals surface area contributed by atoms with Crippen LogP contribution in [0.5, 0.6) is 11.5 Å². The van der Waals surface area contributed by atoms with E-state index >= 15 is 0 Å². The molecule has 0 atom stereocenters. The summed E-state index contributed by atoms with van der Waals surface area (Å²) in [7, 11) is -3.42. The molecule has 2 aromatic carbocycles. The van der Waals surface area contributed by atoms with Crippen LogP contribution < -0.4 is 9.05 Å². The van der Waals surface area contributed by atoms with E-state index in [1.54, 1.807) is 24.3 Å². The van der Waals surface area contributed by atoms with Crippen molar-refractivity contribution in [2.75, 3.05) is 0 Å². The second-order valence-corrected chi connectivity index (χ2v) is 6.35. The fourth-order valence-electron chi connectivity index (χ4n) is 1.73. The molecule has 0 saturated heterocycles. The first-order valence-electron chi connectivity index (χ1n) is 6.27. The Morgan fingerprint density at radius 3 is 1.75 bits per heavy atom. The molecule has 104 valence electrons. The Balaban J connectivity index is 2.21. The van der Waals surface area contributed by atoms with Gasteiger partial charge in [0.25, 0.3) is 0 Å². The van der Waals surface area contributed by atoms with Gasteiger partial charge in [-0.25, -0.2) is 4.57 Å². The Hall–Kier alpha value is -1.99. The Labute approximate surface area is 119 Å². The number of hydrogen-bond donors (Lipinski definition) is 0. The lowest BCUT2D eigenvalue weighted by Gasteiger charge is -2.17. The van der Waals surface area contributed by atoms with Crippen molar-refractivity contribution in [2.45, 2.75) is 13.8 Å². The van der Waals surface area contributed by atoms with Crippen molar-refractivity contribution < 1.29 is 13.6 Å². The molecule has 0 heterocycles. The van der Waals surface area contributed by atoms with Gasteiger partial charge in [0.05, 0.1) is 0 Å². The van der Waals surface area contributed by atoms with Crippen molar-refractivity contribution in [2.24, 2.45) is 0 Å². The molecule has 0 aliphatic carbocycles. The summed E-state index contributed by atoms with van der Waals surface area (Å²) in [6, 6.07) is 14.6. The summed E-state index contributed by atoms with van der Waals surface area (Å²) in [4.78, 5) is 0. The standard InChI is InChI=1S/C16H17O3P/c1-4-20(17,18-15-9-5-7-13(2)11-15)19-16-10-6-8-14(3)12-16/h4-12H,1H2,2-3H3. The topological polar surface area (TPSA) is 35.5 Å². The van der Waals surface area contributed by atoms with Crippen LogP contribution in [0.4, 0.5) is 0 Å². The summed E-state index contributed by atoms with van der Waals surface area (Å²) in [6.45, 7) is 7.43. The van der Waals surface area contributed by atoms with Crippen LogP contribution in [-0.4, -0.2) is 0 Å². The number of rotatable bonds is 5. The van der Waals surface area contributed by atoms with Gasteiger partial charge in [-0.1, -0.05) is 30.8 Å². The highest BCUT2D eigenvalue weighted by atomic mass is 31.2. The Kier molecular flexibility index (Phi) is 4.31. The van der Waals surface area contributed by atoms with E-state index in [-0.39, 0.29) is 0 Å². The smallest absolute Gasteiger partial charge is 0.413 e. The summed E-state index contributed by atoms with van der Waals surface area (Å²) in [6.07, 6.45) is 0. The number of benzene rings is 2. The van der Waals surface area contributed by atoms with Gasteiger partial charge in [-0.3, -0.25) is 0 Å². The molecule has 0 spiro atoms. The van der Waals surface area contributed by atoms with Crippen LogP contribution in [-0.2, 0) is 4.57 Å². The largest absolute Gasteiger partial charge is 0.455 e. The molecule has 3 nitrogen and oxygen atoms in total. The van der Waals surface area contributed by atoms with E-state index in [1.165, 1.54) is 5.82 Å². The quantitative estimate of drug-likeness (QED) is 0.718. The minimum absolute atomic E-state index is 0.501. The zero-order chi connectivity index (χ0) is 14.6. The summed E-state index contributed by atoms with van der Waals surface area (Å²) < 4.78 is 23.6. The van der Waals surface area contributed by atoms with Gasteiger partial charge in [0.15, 0.2) is 0 Å². The van der Waals surface area contributed by atoms with Crippen molar-refractivity contribution in [3.05, 3.63) is 72.1 Å². The average molecular weight is 288 g/mol. The summed E-state index contributed by atoms with van der Waals surface area (Å²) >= 11 is 0. The maximum Gasteiger partial charge on any atom is 0.455 e. The van der Waals surface area contributed by atoms with E-state index in [0.717, 1.165) is 11.1 Å². The fraction of sp³-hybridized carbons (Fsp3) is 0.125. The van der Waals surface area contributed by atoms with Gasteiger partial charge in [-0.15, -0.1) is 0 Å². The molecule has 0 aliphatic heterocycles. The van der Waals surface area contributed by atoms with Crippen LogP contribution >= 0.6 is 7.60 Å². The lowest BCUT2D eigenvalue weighted by atomic mass is 10.2. The molecule has 0 aliphatic rings.